The lowest BCUT2D eigenvalue weighted by molar-refractivity contribution is -0.120. The monoisotopic (exact) mass is 486 g/mol. The van der Waals surface area contributed by atoms with Crippen LogP contribution in [0.2, 0.25) is 0 Å². The molecular weight excluding hydrogens is 455 g/mol. The summed E-state index contributed by atoms with van der Waals surface area (Å²) in [5, 5.41) is 5.71. The first-order valence-corrected chi connectivity index (χ1v) is 12.0. The van der Waals surface area contributed by atoms with Gasteiger partial charge in [-0.15, -0.1) is 0 Å². The van der Waals surface area contributed by atoms with Crippen molar-refractivity contribution in [3.63, 3.8) is 0 Å². The fourth-order valence-electron chi connectivity index (χ4n) is 4.44. The third kappa shape index (κ3) is 6.17. The van der Waals surface area contributed by atoms with Crippen molar-refractivity contribution in [3.8, 4) is 0 Å². The Morgan fingerprint density at radius 1 is 0.972 bits per heavy atom. The van der Waals surface area contributed by atoms with Gasteiger partial charge in [0.05, 0.1) is 17.3 Å². The van der Waals surface area contributed by atoms with E-state index in [-0.39, 0.29) is 29.5 Å². The summed E-state index contributed by atoms with van der Waals surface area (Å²) < 4.78 is 13.2. The Labute approximate surface area is 211 Å². The molecule has 36 heavy (non-hydrogen) atoms. The fourth-order valence-corrected chi connectivity index (χ4v) is 4.44. The highest BCUT2D eigenvalue weighted by Crippen LogP contribution is 2.35. The van der Waals surface area contributed by atoms with Gasteiger partial charge in [0, 0.05) is 36.8 Å². The molecule has 1 fully saturated rings. The molecular formula is C29H31FN4O2. The van der Waals surface area contributed by atoms with Crippen LogP contribution in [0.4, 0.5) is 21.5 Å². The highest BCUT2D eigenvalue weighted by Gasteiger charge is 2.39. The molecule has 4 rings (SSSR count). The molecule has 6 nitrogen and oxygen atoms in total. The molecule has 3 aromatic rings. The number of carbonyl (C=O) groups excluding carboxylic acids is 2. The van der Waals surface area contributed by atoms with Gasteiger partial charge in [0.1, 0.15) is 5.82 Å². The van der Waals surface area contributed by atoms with Gasteiger partial charge in [-0.05, 0) is 67.4 Å². The van der Waals surface area contributed by atoms with Gasteiger partial charge in [-0.25, -0.2) is 4.39 Å². The van der Waals surface area contributed by atoms with E-state index in [9.17, 15) is 14.0 Å². The van der Waals surface area contributed by atoms with Crippen LogP contribution >= 0.6 is 0 Å². The van der Waals surface area contributed by atoms with Crippen LogP contribution in [0.1, 0.15) is 30.9 Å². The lowest BCUT2D eigenvalue weighted by Gasteiger charge is -2.20. The van der Waals surface area contributed by atoms with Crippen LogP contribution in [0.3, 0.4) is 0 Å². The van der Waals surface area contributed by atoms with Crippen LogP contribution in [0.5, 0.6) is 0 Å². The molecule has 2 unspecified atom stereocenters. The largest absolute Gasteiger partial charge is 0.397 e. The Bertz CT molecular complexity index is 1240. The zero-order valence-electron chi connectivity index (χ0n) is 20.4. The second-order valence-electron chi connectivity index (χ2n) is 9.33. The van der Waals surface area contributed by atoms with E-state index < -0.39 is 0 Å². The minimum atomic E-state index is -0.339. The maximum atomic E-state index is 13.2. The Morgan fingerprint density at radius 3 is 2.33 bits per heavy atom. The number of anilines is 3. The minimum absolute atomic E-state index is 0.0234. The topological polar surface area (TPSA) is 87.5 Å². The highest BCUT2D eigenvalue weighted by atomic mass is 19.1. The number of benzene rings is 3. The Hall–Kier alpha value is -3.97. The first-order chi connectivity index (χ1) is 17.3. The second-order valence-corrected chi connectivity index (χ2v) is 9.33. The Morgan fingerprint density at radius 2 is 1.67 bits per heavy atom. The highest BCUT2D eigenvalue weighted by molar-refractivity contribution is 6.03. The lowest BCUT2D eigenvalue weighted by Crippen LogP contribution is -2.31. The van der Waals surface area contributed by atoms with Gasteiger partial charge in [0.15, 0.2) is 0 Å². The van der Waals surface area contributed by atoms with Crippen LogP contribution in [-0.2, 0) is 9.59 Å². The number of halogens is 1. The average Bonchev–Trinajstić information content (AvgIpc) is 3.32. The SMILES string of the molecule is CC(C)N1CC(C(=O)Nc2ccc(F)cc2)C(c2ccc(C=CC(=O)Nc3ccccc3N)cc2)C1. The van der Waals surface area contributed by atoms with Gasteiger partial charge in [0.2, 0.25) is 11.8 Å². The van der Waals surface area contributed by atoms with Crippen LogP contribution in [0.15, 0.2) is 78.9 Å². The van der Waals surface area contributed by atoms with Gasteiger partial charge in [-0.1, -0.05) is 36.4 Å². The van der Waals surface area contributed by atoms with Crippen LogP contribution in [0, 0.1) is 11.7 Å². The van der Waals surface area contributed by atoms with Gasteiger partial charge < -0.3 is 16.4 Å². The summed E-state index contributed by atoms with van der Waals surface area (Å²) in [4.78, 5) is 27.7. The second kappa shape index (κ2) is 11.2. The number of nitrogens with zero attached hydrogens (tertiary/aromatic N) is 1. The molecule has 1 saturated heterocycles. The molecule has 2 amide bonds. The Balaban J connectivity index is 1.44. The van der Waals surface area contributed by atoms with Gasteiger partial charge in [-0.2, -0.15) is 0 Å². The molecule has 0 spiro atoms. The number of nitrogens with two attached hydrogens (primary N) is 1. The van der Waals surface area contributed by atoms with Crippen molar-refractivity contribution in [2.24, 2.45) is 5.92 Å². The summed E-state index contributed by atoms with van der Waals surface area (Å²) in [6, 6.07) is 21.2. The molecule has 186 valence electrons. The zero-order valence-corrected chi connectivity index (χ0v) is 20.4. The number of hydrogen-bond acceptors (Lipinski definition) is 4. The van der Waals surface area contributed by atoms with Crippen molar-refractivity contribution in [3.05, 3.63) is 95.8 Å². The molecule has 1 aliphatic rings. The van der Waals surface area contributed by atoms with Crippen molar-refractivity contribution in [2.45, 2.75) is 25.8 Å². The molecule has 7 heteroatoms. The maximum absolute atomic E-state index is 13.2. The molecule has 2 atom stereocenters. The molecule has 1 aliphatic heterocycles. The smallest absolute Gasteiger partial charge is 0.248 e. The van der Waals surface area contributed by atoms with E-state index >= 15 is 0 Å². The number of hydrogen-bond donors (Lipinski definition) is 3. The van der Waals surface area contributed by atoms with Gasteiger partial charge >= 0.3 is 0 Å². The summed E-state index contributed by atoms with van der Waals surface area (Å²) >= 11 is 0. The van der Waals surface area contributed by atoms with E-state index in [0.717, 1.165) is 17.7 Å². The maximum Gasteiger partial charge on any atom is 0.248 e. The number of amides is 2. The molecule has 0 radical (unpaired) electrons. The molecule has 3 aromatic carbocycles. The number of para-hydroxylation sites is 2. The molecule has 4 N–H and O–H groups in total. The van der Waals surface area contributed by atoms with E-state index in [2.05, 4.69) is 29.4 Å². The standard InChI is InChI=1S/C29H31FN4O2/c1-19(2)34-17-24(25(18-34)29(36)32-23-14-12-22(30)13-15-23)21-10-7-20(8-11-21)9-16-28(35)33-27-6-4-3-5-26(27)31/h3-16,19,24-25H,17-18,31H2,1-2H3,(H,32,36)(H,33,35). The first kappa shape index (κ1) is 25.1. The number of carbonyl (C=O) groups is 2. The van der Waals surface area contributed by atoms with E-state index in [4.69, 9.17) is 5.73 Å². The van der Waals surface area contributed by atoms with E-state index in [1.54, 1.807) is 30.3 Å². The van der Waals surface area contributed by atoms with E-state index in [1.165, 1.54) is 18.2 Å². The van der Waals surface area contributed by atoms with Crippen molar-refractivity contribution >= 4 is 35.0 Å². The summed E-state index contributed by atoms with van der Waals surface area (Å²) in [5.41, 5.74) is 9.48. The van der Waals surface area contributed by atoms with Crippen LogP contribution in [0.25, 0.3) is 6.08 Å². The summed E-state index contributed by atoms with van der Waals surface area (Å²) in [7, 11) is 0. The average molecular weight is 487 g/mol. The zero-order chi connectivity index (χ0) is 25.7. The van der Waals surface area contributed by atoms with Gasteiger partial charge in [0.25, 0.3) is 0 Å². The van der Waals surface area contributed by atoms with Gasteiger partial charge in [-0.3, -0.25) is 14.5 Å². The molecule has 1 heterocycles. The lowest BCUT2D eigenvalue weighted by atomic mass is 9.88. The minimum Gasteiger partial charge on any atom is -0.397 e. The van der Waals surface area contributed by atoms with Crippen molar-refractivity contribution < 1.29 is 14.0 Å². The third-order valence-corrected chi connectivity index (χ3v) is 6.54. The quantitative estimate of drug-likeness (QED) is 0.319. The predicted molar refractivity (Wildman–Crippen MR) is 143 cm³/mol. The number of rotatable bonds is 7. The van der Waals surface area contributed by atoms with E-state index in [0.29, 0.717) is 29.6 Å². The number of nitrogens with one attached hydrogen (secondary N) is 2. The summed E-state index contributed by atoms with van der Waals surface area (Å²) in [6.45, 7) is 5.67. The first-order valence-electron chi connectivity index (χ1n) is 12.0. The van der Waals surface area contributed by atoms with Crippen LogP contribution in [-0.4, -0.2) is 35.8 Å². The Kier molecular flexibility index (Phi) is 7.80. The van der Waals surface area contributed by atoms with Crippen molar-refractivity contribution in [2.75, 3.05) is 29.5 Å². The number of likely N-dealkylation sites (tertiary alicyclic amines) is 1. The molecule has 0 saturated carbocycles. The molecule has 0 bridgehead atoms. The summed E-state index contributed by atoms with van der Waals surface area (Å²) in [6.07, 6.45) is 3.21. The predicted octanol–water partition coefficient (Wildman–Crippen LogP) is 5.12. The normalized spacial score (nSPS) is 18.0. The van der Waals surface area contributed by atoms with E-state index in [1.807, 2.05) is 36.4 Å². The fraction of sp³-hybridized carbons (Fsp3) is 0.241. The third-order valence-electron chi connectivity index (χ3n) is 6.54. The summed E-state index contributed by atoms with van der Waals surface area (Å²) in [5.74, 6) is -0.891. The van der Waals surface area contributed by atoms with Crippen LogP contribution < -0.4 is 16.4 Å². The molecule has 0 aliphatic carbocycles. The van der Waals surface area contributed by atoms with Crippen molar-refractivity contribution in [1.82, 2.24) is 4.90 Å². The molecule has 0 aromatic heterocycles. The number of nitrogen functional groups attached to an aromatic ring is 1. The van der Waals surface area contributed by atoms with Crippen molar-refractivity contribution in [1.29, 1.82) is 0 Å².